The number of rotatable bonds is 6. The number of amides is 3. The van der Waals surface area contributed by atoms with Crippen LogP contribution in [-0.4, -0.2) is 36.5 Å². The molecule has 1 aliphatic heterocycles. The first-order valence-electron chi connectivity index (χ1n) is 9.08. The van der Waals surface area contributed by atoms with Gasteiger partial charge in [-0.3, -0.25) is 4.79 Å². The summed E-state index contributed by atoms with van der Waals surface area (Å²) in [4.78, 5) is 26.4. The van der Waals surface area contributed by atoms with Crippen molar-refractivity contribution < 1.29 is 14.3 Å². The van der Waals surface area contributed by atoms with Crippen molar-refractivity contribution in [3.05, 3.63) is 65.7 Å². The molecule has 142 valence electrons. The summed E-state index contributed by atoms with van der Waals surface area (Å²) in [6.45, 7) is 2.92. The van der Waals surface area contributed by atoms with Crippen molar-refractivity contribution >= 4 is 11.9 Å². The number of carbonyl (C=O) groups is 2. The highest BCUT2D eigenvalue weighted by molar-refractivity contribution is 5.82. The van der Waals surface area contributed by atoms with Crippen molar-refractivity contribution in [1.82, 2.24) is 15.5 Å². The van der Waals surface area contributed by atoms with E-state index in [2.05, 4.69) is 10.6 Å². The molecule has 27 heavy (non-hydrogen) atoms. The molecule has 0 aliphatic carbocycles. The van der Waals surface area contributed by atoms with E-state index < -0.39 is 0 Å². The fraction of sp³-hybridized carbons (Fsp3) is 0.333. The lowest BCUT2D eigenvalue weighted by atomic mass is 10.1. The summed E-state index contributed by atoms with van der Waals surface area (Å²) in [5, 5.41) is 5.73. The third-order valence-corrected chi connectivity index (χ3v) is 4.83. The van der Waals surface area contributed by atoms with E-state index in [1.165, 1.54) is 0 Å². The molecule has 0 spiro atoms. The normalized spacial score (nSPS) is 17.5. The van der Waals surface area contributed by atoms with Gasteiger partial charge < -0.3 is 20.3 Å². The molecule has 2 aromatic carbocycles. The molecule has 6 heteroatoms. The van der Waals surface area contributed by atoms with E-state index in [9.17, 15) is 9.59 Å². The van der Waals surface area contributed by atoms with E-state index in [4.69, 9.17) is 4.74 Å². The lowest BCUT2D eigenvalue weighted by Gasteiger charge is -2.25. The van der Waals surface area contributed by atoms with Crippen LogP contribution in [0.25, 0.3) is 0 Å². The lowest BCUT2D eigenvalue weighted by molar-refractivity contribution is -0.129. The van der Waals surface area contributed by atoms with Crippen LogP contribution in [0, 0.1) is 0 Å². The first kappa shape index (κ1) is 18.8. The standard InChI is InChI=1S/C21H25N3O3/c1-15(17-8-4-3-5-9-17)24-14-18(12-20(24)25)23-21(26)22-13-16-7-6-10-19(11-16)27-2/h3-11,15,18H,12-14H2,1-2H3,(H2,22,23,26). The molecular weight excluding hydrogens is 342 g/mol. The lowest BCUT2D eigenvalue weighted by Crippen LogP contribution is -2.43. The number of hydrogen-bond donors (Lipinski definition) is 2. The molecule has 2 aromatic rings. The largest absolute Gasteiger partial charge is 0.497 e. The van der Waals surface area contributed by atoms with Crippen molar-refractivity contribution in [2.45, 2.75) is 32.0 Å². The molecule has 3 amide bonds. The first-order chi connectivity index (χ1) is 13.1. The predicted molar refractivity (Wildman–Crippen MR) is 103 cm³/mol. The fourth-order valence-electron chi connectivity index (χ4n) is 3.32. The molecule has 0 bridgehead atoms. The average molecular weight is 367 g/mol. The number of urea groups is 1. The summed E-state index contributed by atoms with van der Waals surface area (Å²) < 4.78 is 5.18. The second kappa shape index (κ2) is 8.58. The van der Waals surface area contributed by atoms with Crippen molar-refractivity contribution in [3.63, 3.8) is 0 Å². The maximum absolute atomic E-state index is 12.4. The summed E-state index contributed by atoms with van der Waals surface area (Å²) in [6.07, 6.45) is 0.323. The Morgan fingerprint density at radius 1 is 1.22 bits per heavy atom. The van der Waals surface area contributed by atoms with Crippen LogP contribution >= 0.6 is 0 Å². The number of ether oxygens (including phenoxy) is 1. The van der Waals surface area contributed by atoms with Crippen molar-refractivity contribution in [1.29, 1.82) is 0 Å². The van der Waals surface area contributed by atoms with Gasteiger partial charge in [-0.1, -0.05) is 42.5 Å². The van der Waals surface area contributed by atoms with Gasteiger partial charge in [-0.2, -0.15) is 0 Å². The number of carbonyl (C=O) groups excluding carboxylic acids is 2. The SMILES string of the molecule is COc1cccc(CNC(=O)NC2CC(=O)N(C(C)c3ccccc3)C2)c1. The molecule has 2 unspecified atom stereocenters. The Morgan fingerprint density at radius 2 is 2.00 bits per heavy atom. The monoisotopic (exact) mass is 367 g/mol. The Morgan fingerprint density at radius 3 is 2.74 bits per heavy atom. The van der Waals surface area contributed by atoms with Gasteiger partial charge in [0.25, 0.3) is 0 Å². The molecule has 6 nitrogen and oxygen atoms in total. The van der Waals surface area contributed by atoms with Crippen LogP contribution < -0.4 is 15.4 Å². The van der Waals surface area contributed by atoms with Crippen LogP contribution in [0.5, 0.6) is 5.75 Å². The third kappa shape index (κ3) is 4.78. The summed E-state index contributed by atoms with van der Waals surface area (Å²) >= 11 is 0. The number of hydrogen-bond acceptors (Lipinski definition) is 3. The van der Waals surface area contributed by atoms with Crippen LogP contribution in [-0.2, 0) is 11.3 Å². The zero-order valence-corrected chi connectivity index (χ0v) is 15.6. The van der Waals surface area contributed by atoms with Crippen LogP contribution in [0.1, 0.15) is 30.5 Å². The summed E-state index contributed by atoms with van der Waals surface area (Å²) in [5.74, 6) is 0.811. The van der Waals surface area contributed by atoms with Gasteiger partial charge in [0, 0.05) is 19.5 Å². The van der Waals surface area contributed by atoms with Gasteiger partial charge in [0.2, 0.25) is 5.91 Å². The minimum absolute atomic E-state index is 0.00894. The van der Waals surface area contributed by atoms with Gasteiger partial charge in [0.1, 0.15) is 5.75 Å². The van der Waals surface area contributed by atoms with Crippen LogP contribution in [0.15, 0.2) is 54.6 Å². The fourth-order valence-corrected chi connectivity index (χ4v) is 3.32. The Bertz CT molecular complexity index is 794. The summed E-state index contributed by atoms with van der Waals surface area (Å²) in [5.41, 5.74) is 2.04. The van der Waals surface area contributed by atoms with Crippen LogP contribution in [0.3, 0.4) is 0 Å². The smallest absolute Gasteiger partial charge is 0.315 e. The Labute approximate surface area is 159 Å². The van der Waals surface area contributed by atoms with Crippen molar-refractivity contribution in [3.8, 4) is 5.75 Å². The second-order valence-corrected chi connectivity index (χ2v) is 6.71. The number of nitrogens with zero attached hydrogens (tertiary/aromatic N) is 1. The van der Waals surface area contributed by atoms with E-state index in [0.717, 1.165) is 16.9 Å². The number of benzene rings is 2. The third-order valence-electron chi connectivity index (χ3n) is 4.83. The number of methoxy groups -OCH3 is 1. The molecule has 0 aromatic heterocycles. The highest BCUT2D eigenvalue weighted by Gasteiger charge is 2.33. The quantitative estimate of drug-likeness (QED) is 0.825. The molecule has 1 saturated heterocycles. The van der Waals surface area contributed by atoms with Crippen molar-refractivity contribution in [2.75, 3.05) is 13.7 Å². The van der Waals surface area contributed by atoms with E-state index in [0.29, 0.717) is 19.5 Å². The second-order valence-electron chi connectivity index (χ2n) is 6.71. The highest BCUT2D eigenvalue weighted by Crippen LogP contribution is 2.25. The highest BCUT2D eigenvalue weighted by atomic mass is 16.5. The molecule has 2 atom stereocenters. The van der Waals surface area contributed by atoms with Gasteiger partial charge >= 0.3 is 6.03 Å². The molecule has 1 aliphatic rings. The Balaban J connectivity index is 1.51. The maximum Gasteiger partial charge on any atom is 0.315 e. The minimum atomic E-state index is -0.273. The number of nitrogens with one attached hydrogen (secondary N) is 2. The van der Waals surface area contributed by atoms with E-state index >= 15 is 0 Å². The van der Waals surface area contributed by atoms with Gasteiger partial charge in [-0.15, -0.1) is 0 Å². The first-order valence-corrected chi connectivity index (χ1v) is 9.08. The molecule has 2 N–H and O–H groups in total. The van der Waals surface area contributed by atoms with E-state index in [1.807, 2.05) is 66.4 Å². The topological polar surface area (TPSA) is 70.7 Å². The minimum Gasteiger partial charge on any atom is -0.497 e. The van der Waals surface area contributed by atoms with Crippen molar-refractivity contribution in [2.24, 2.45) is 0 Å². The zero-order valence-electron chi connectivity index (χ0n) is 15.6. The van der Waals surface area contributed by atoms with E-state index in [-0.39, 0.29) is 24.0 Å². The average Bonchev–Trinajstić information content (AvgIpc) is 3.06. The summed E-state index contributed by atoms with van der Waals surface area (Å²) in [7, 11) is 1.61. The Kier molecular flexibility index (Phi) is 5.96. The van der Waals surface area contributed by atoms with Gasteiger partial charge in [0.15, 0.2) is 0 Å². The molecular formula is C21H25N3O3. The molecule has 1 heterocycles. The van der Waals surface area contributed by atoms with Gasteiger partial charge in [-0.25, -0.2) is 4.79 Å². The van der Waals surface area contributed by atoms with Gasteiger partial charge in [0.05, 0.1) is 19.2 Å². The van der Waals surface area contributed by atoms with Crippen LogP contribution in [0.2, 0.25) is 0 Å². The molecule has 1 fully saturated rings. The summed E-state index contributed by atoms with van der Waals surface area (Å²) in [6, 6.07) is 17.0. The molecule has 0 radical (unpaired) electrons. The molecule has 0 saturated carbocycles. The van der Waals surface area contributed by atoms with E-state index in [1.54, 1.807) is 7.11 Å². The van der Waals surface area contributed by atoms with Crippen LogP contribution in [0.4, 0.5) is 4.79 Å². The predicted octanol–water partition coefficient (Wildman–Crippen LogP) is 2.86. The Hall–Kier alpha value is -3.02. The van der Waals surface area contributed by atoms with Gasteiger partial charge in [-0.05, 0) is 30.2 Å². The molecule has 3 rings (SSSR count). The number of likely N-dealkylation sites (tertiary alicyclic amines) is 1. The maximum atomic E-state index is 12.4. The zero-order chi connectivity index (χ0) is 19.2.